The van der Waals surface area contributed by atoms with E-state index in [1.807, 2.05) is 0 Å². The molecule has 0 atom stereocenters. The number of nitro benzene ring substituents is 1. The Balaban J connectivity index is 1.96. The first-order valence-electron chi connectivity index (χ1n) is 7.39. The van der Waals surface area contributed by atoms with Crippen molar-refractivity contribution < 1.29 is 19.2 Å². The number of hydrogen-bond donors (Lipinski definition) is 1. The first kappa shape index (κ1) is 16.2. The maximum absolute atomic E-state index is 11.5. The van der Waals surface area contributed by atoms with Crippen molar-refractivity contribution in [3.05, 3.63) is 88.2 Å². The van der Waals surface area contributed by atoms with E-state index in [9.17, 15) is 20.0 Å². The van der Waals surface area contributed by atoms with Crippen molar-refractivity contribution in [3.63, 3.8) is 0 Å². The Kier molecular flexibility index (Phi) is 4.43. The molecule has 0 saturated carbocycles. The molecule has 0 spiro atoms. The Morgan fingerprint density at radius 3 is 2.48 bits per heavy atom. The lowest BCUT2D eigenvalue weighted by Crippen LogP contribution is -1.99. The van der Waals surface area contributed by atoms with Gasteiger partial charge in [-0.05, 0) is 23.8 Å². The van der Waals surface area contributed by atoms with Crippen LogP contribution < -0.4 is 0 Å². The van der Waals surface area contributed by atoms with Gasteiger partial charge >= 0.3 is 5.97 Å². The van der Waals surface area contributed by atoms with Crippen LogP contribution >= 0.6 is 0 Å². The summed E-state index contributed by atoms with van der Waals surface area (Å²) in [4.78, 5) is 21.9. The highest BCUT2D eigenvalue weighted by Crippen LogP contribution is 2.27. The van der Waals surface area contributed by atoms with E-state index >= 15 is 0 Å². The Morgan fingerprint density at radius 2 is 1.80 bits per heavy atom. The van der Waals surface area contributed by atoms with Crippen LogP contribution in [0.5, 0.6) is 0 Å². The number of carbonyl (C=O) groups is 1. The minimum absolute atomic E-state index is 0.0403. The zero-order chi connectivity index (χ0) is 17.8. The predicted octanol–water partition coefficient (Wildman–Crippen LogP) is 4.48. The lowest BCUT2D eigenvalue weighted by Gasteiger charge is -2.01. The third-order valence-electron chi connectivity index (χ3n) is 3.57. The van der Waals surface area contributed by atoms with E-state index in [4.69, 9.17) is 4.42 Å². The molecule has 1 aromatic heterocycles. The zero-order valence-electron chi connectivity index (χ0n) is 13.0. The number of furan rings is 1. The highest BCUT2D eigenvalue weighted by atomic mass is 16.6. The second-order valence-electron chi connectivity index (χ2n) is 5.24. The van der Waals surface area contributed by atoms with Crippen molar-refractivity contribution in [2.24, 2.45) is 0 Å². The van der Waals surface area contributed by atoms with Crippen LogP contribution in [0.1, 0.15) is 11.3 Å². The molecule has 3 aromatic rings. The molecule has 2 aromatic carbocycles. The third kappa shape index (κ3) is 3.64. The maximum Gasteiger partial charge on any atom is 0.336 e. The van der Waals surface area contributed by atoms with Gasteiger partial charge in [0.05, 0.1) is 10.5 Å². The standard InChI is InChI=1S/C19H13NO5/c21-19(22)17(13-5-2-1-3-6-13)12-16-9-10-18(25-16)14-7-4-8-15(11-14)20(23)24/h1-12H,(H,21,22)/b17-12+. The van der Waals surface area contributed by atoms with E-state index in [0.29, 0.717) is 22.6 Å². The molecule has 1 N–H and O–H groups in total. The van der Waals surface area contributed by atoms with E-state index in [1.54, 1.807) is 54.6 Å². The van der Waals surface area contributed by atoms with Gasteiger partial charge in [0.2, 0.25) is 0 Å². The molecular formula is C19H13NO5. The molecule has 25 heavy (non-hydrogen) atoms. The van der Waals surface area contributed by atoms with Gasteiger partial charge in [0.15, 0.2) is 0 Å². The maximum atomic E-state index is 11.5. The summed E-state index contributed by atoms with van der Waals surface area (Å²) in [6.07, 6.45) is 1.43. The largest absolute Gasteiger partial charge is 0.478 e. The molecule has 6 nitrogen and oxygen atoms in total. The summed E-state index contributed by atoms with van der Waals surface area (Å²) in [6.45, 7) is 0. The molecule has 0 aliphatic carbocycles. The number of hydrogen-bond acceptors (Lipinski definition) is 4. The molecule has 1 heterocycles. The Morgan fingerprint density at radius 1 is 1.04 bits per heavy atom. The summed E-state index contributed by atoms with van der Waals surface area (Å²) in [7, 11) is 0. The van der Waals surface area contributed by atoms with Crippen molar-refractivity contribution in [1.82, 2.24) is 0 Å². The molecule has 0 amide bonds. The summed E-state index contributed by atoms with van der Waals surface area (Å²) in [5.74, 6) is -0.296. The van der Waals surface area contributed by atoms with Crippen LogP contribution in [0, 0.1) is 10.1 Å². The van der Waals surface area contributed by atoms with E-state index in [2.05, 4.69) is 0 Å². The minimum atomic E-state index is -1.07. The van der Waals surface area contributed by atoms with Crippen molar-refractivity contribution in [2.45, 2.75) is 0 Å². The van der Waals surface area contributed by atoms with Crippen molar-refractivity contribution >= 4 is 23.3 Å². The normalized spacial score (nSPS) is 11.3. The number of nitrogens with zero attached hydrogens (tertiary/aromatic N) is 1. The number of non-ortho nitro benzene ring substituents is 1. The number of benzene rings is 2. The highest BCUT2D eigenvalue weighted by molar-refractivity contribution is 6.20. The fourth-order valence-corrected chi connectivity index (χ4v) is 2.39. The second-order valence-corrected chi connectivity index (χ2v) is 5.24. The predicted molar refractivity (Wildman–Crippen MR) is 92.7 cm³/mol. The van der Waals surface area contributed by atoms with Gasteiger partial charge in [-0.2, -0.15) is 0 Å². The molecule has 124 valence electrons. The molecule has 0 aliphatic rings. The molecule has 0 bridgehead atoms. The number of carboxylic acids is 1. The third-order valence-corrected chi connectivity index (χ3v) is 3.57. The van der Waals surface area contributed by atoms with Gasteiger partial charge in [-0.1, -0.05) is 42.5 Å². The minimum Gasteiger partial charge on any atom is -0.478 e. The van der Waals surface area contributed by atoms with Gasteiger partial charge in [-0.3, -0.25) is 10.1 Å². The van der Waals surface area contributed by atoms with Gasteiger partial charge in [-0.25, -0.2) is 4.79 Å². The molecule has 0 unspecified atom stereocenters. The van der Waals surface area contributed by atoms with Crippen molar-refractivity contribution in [1.29, 1.82) is 0 Å². The lowest BCUT2D eigenvalue weighted by molar-refractivity contribution is -0.384. The summed E-state index contributed by atoms with van der Waals surface area (Å²) in [5.41, 5.74) is 1.16. The summed E-state index contributed by atoms with van der Waals surface area (Å²) >= 11 is 0. The molecule has 3 rings (SSSR count). The number of aliphatic carboxylic acids is 1. The van der Waals surface area contributed by atoms with Crippen LogP contribution in [0.2, 0.25) is 0 Å². The van der Waals surface area contributed by atoms with E-state index in [-0.39, 0.29) is 11.3 Å². The monoisotopic (exact) mass is 335 g/mol. The van der Waals surface area contributed by atoms with Crippen molar-refractivity contribution in [2.75, 3.05) is 0 Å². The highest BCUT2D eigenvalue weighted by Gasteiger charge is 2.13. The average molecular weight is 335 g/mol. The number of carboxylic acid groups (broad SMARTS) is 1. The topological polar surface area (TPSA) is 93.6 Å². The van der Waals surface area contributed by atoms with Crippen LogP contribution in [-0.2, 0) is 4.79 Å². The molecular weight excluding hydrogens is 322 g/mol. The number of rotatable bonds is 5. The summed E-state index contributed by atoms with van der Waals surface area (Å²) in [6, 6.07) is 18.0. The Hall–Kier alpha value is -3.67. The average Bonchev–Trinajstić information content (AvgIpc) is 3.09. The van der Waals surface area contributed by atoms with Gasteiger partial charge in [-0.15, -0.1) is 0 Å². The fourth-order valence-electron chi connectivity index (χ4n) is 2.39. The molecule has 0 radical (unpaired) electrons. The van der Waals surface area contributed by atoms with Crippen LogP contribution in [0.3, 0.4) is 0 Å². The molecule has 0 aliphatic heterocycles. The SMILES string of the molecule is O=C(O)/C(=C/c1ccc(-c2cccc([N+](=O)[O-])c2)o1)c1ccccc1. The fraction of sp³-hybridized carbons (Fsp3) is 0. The first-order chi connectivity index (χ1) is 12.0. The van der Waals surface area contributed by atoms with Crippen LogP contribution in [-0.4, -0.2) is 16.0 Å². The van der Waals surface area contributed by atoms with E-state index < -0.39 is 10.9 Å². The quantitative estimate of drug-likeness (QED) is 0.421. The molecule has 0 fully saturated rings. The molecule has 6 heteroatoms. The van der Waals surface area contributed by atoms with Crippen LogP contribution in [0.4, 0.5) is 5.69 Å². The van der Waals surface area contributed by atoms with Gasteiger partial charge in [0.1, 0.15) is 11.5 Å². The van der Waals surface area contributed by atoms with Crippen LogP contribution in [0.15, 0.2) is 71.1 Å². The van der Waals surface area contributed by atoms with Gasteiger partial charge in [0.25, 0.3) is 5.69 Å². The zero-order valence-corrected chi connectivity index (χ0v) is 13.0. The van der Waals surface area contributed by atoms with Crippen molar-refractivity contribution in [3.8, 4) is 11.3 Å². The Bertz CT molecular complexity index is 957. The van der Waals surface area contributed by atoms with Gasteiger partial charge in [0, 0.05) is 17.7 Å². The van der Waals surface area contributed by atoms with E-state index in [1.165, 1.54) is 18.2 Å². The van der Waals surface area contributed by atoms with Crippen LogP contribution in [0.25, 0.3) is 23.0 Å². The Labute approximate surface area is 142 Å². The second kappa shape index (κ2) is 6.84. The molecule has 0 saturated heterocycles. The summed E-state index contributed by atoms with van der Waals surface area (Å²) < 4.78 is 5.64. The number of nitro groups is 1. The van der Waals surface area contributed by atoms with E-state index in [0.717, 1.165) is 0 Å². The van der Waals surface area contributed by atoms with Gasteiger partial charge < -0.3 is 9.52 Å². The smallest absolute Gasteiger partial charge is 0.336 e. The first-order valence-corrected chi connectivity index (χ1v) is 7.39. The summed E-state index contributed by atoms with van der Waals surface area (Å²) in [5, 5.41) is 20.3. The lowest BCUT2D eigenvalue weighted by atomic mass is 10.1.